The van der Waals surface area contributed by atoms with Crippen LogP contribution in [0.3, 0.4) is 0 Å². The van der Waals surface area contributed by atoms with Crippen molar-refractivity contribution in [3.05, 3.63) is 76.5 Å². The standard InChI is InChI=1S/C23H23NO/c1-16-15-19-14-13-18-8-3-5-11-21(18)24(23(19)25-16)22-12-6-9-17-7-2-4-10-20(17)22/h3,5-6,8-9,11-12,15H,2,4,7,10,13-14H2,1H3. The average Bonchev–Trinajstić information content (AvgIpc) is 2.94. The van der Waals surface area contributed by atoms with Crippen LogP contribution in [-0.2, 0) is 25.7 Å². The van der Waals surface area contributed by atoms with Crippen LogP contribution in [0.25, 0.3) is 0 Å². The van der Waals surface area contributed by atoms with Crippen molar-refractivity contribution in [1.29, 1.82) is 0 Å². The van der Waals surface area contributed by atoms with Crippen LogP contribution >= 0.6 is 0 Å². The molecule has 3 aromatic rings. The molecule has 1 aromatic heterocycles. The molecular weight excluding hydrogens is 306 g/mol. The van der Waals surface area contributed by atoms with Gasteiger partial charge in [0.25, 0.3) is 0 Å². The first-order chi connectivity index (χ1) is 12.3. The van der Waals surface area contributed by atoms with Crippen LogP contribution in [0.5, 0.6) is 0 Å². The molecule has 0 radical (unpaired) electrons. The lowest BCUT2D eigenvalue weighted by Crippen LogP contribution is -2.15. The van der Waals surface area contributed by atoms with E-state index in [1.165, 1.54) is 59.3 Å². The molecule has 0 N–H and O–H groups in total. The van der Waals surface area contributed by atoms with Crippen molar-refractivity contribution in [2.24, 2.45) is 0 Å². The van der Waals surface area contributed by atoms with Crippen LogP contribution < -0.4 is 4.90 Å². The molecule has 25 heavy (non-hydrogen) atoms. The summed E-state index contributed by atoms with van der Waals surface area (Å²) >= 11 is 0. The maximum absolute atomic E-state index is 6.23. The predicted octanol–water partition coefficient (Wildman–Crippen LogP) is 6.04. The molecule has 126 valence electrons. The fourth-order valence-corrected chi connectivity index (χ4v) is 4.45. The molecule has 0 unspecified atom stereocenters. The molecule has 0 atom stereocenters. The van der Waals surface area contributed by atoms with Crippen LogP contribution in [0.2, 0.25) is 0 Å². The molecule has 2 aromatic carbocycles. The van der Waals surface area contributed by atoms with Crippen molar-refractivity contribution in [3.8, 4) is 0 Å². The van der Waals surface area contributed by atoms with Gasteiger partial charge in [-0.05, 0) is 80.3 Å². The second-order valence-corrected chi connectivity index (χ2v) is 7.27. The highest BCUT2D eigenvalue weighted by Crippen LogP contribution is 2.45. The normalized spacial score (nSPS) is 16.0. The first-order valence-corrected chi connectivity index (χ1v) is 9.39. The molecular formula is C23H23NO. The Hall–Kier alpha value is -2.48. The van der Waals surface area contributed by atoms with E-state index in [4.69, 9.17) is 4.42 Å². The molecule has 5 rings (SSSR count). The Labute approximate surface area is 149 Å². The zero-order valence-corrected chi connectivity index (χ0v) is 14.7. The Morgan fingerprint density at radius 1 is 0.760 bits per heavy atom. The van der Waals surface area contributed by atoms with Crippen molar-refractivity contribution in [3.63, 3.8) is 0 Å². The number of fused-ring (bicyclic) bond motifs is 3. The molecule has 0 fully saturated rings. The highest BCUT2D eigenvalue weighted by molar-refractivity contribution is 5.81. The van der Waals surface area contributed by atoms with Gasteiger partial charge in [-0.3, -0.25) is 4.90 Å². The molecule has 2 nitrogen and oxygen atoms in total. The minimum absolute atomic E-state index is 0.999. The molecule has 0 saturated heterocycles. The zero-order valence-electron chi connectivity index (χ0n) is 14.7. The molecule has 0 amide bonds. The van der Waals surface area contributed by atoms with Crippen LogP contribution in [0.4, 0.5) is 17.3 Å². The fourth-order valence-electron chi connectivity index (χ4n) is 4.45. The number of benzene rings is 2. The Balaban J connectivity index is 1.78. The van der Waals surface area contributed by atoms with Crippen LogP contribution in [-0.4, -0.2) is 0 Å². The molecule has 1 aliphatic heterocycles. The first-order valence-electron chi connectivity index (χ1n) is 9.39. The Morgan fingerprint density at radius 3 is 2.48 bits per heavy atom. The third-order valence-electron chi connectivity index (χ3n) is 5.62. The van der Waals surface area contributed by atoms with Gasteiger partial charge in [-0.2, -0.15) is 0 Å². The summed E-state index contributed by atoms with van der Waals surface area (Å²) in [6.07, 6.45) is 7.05. The SMILES string of the molecule is Cc1cc2c(o1)N(c1cccc3c1CCCC3)c1ccccc1CC2. The number of hydrogen-bond acceptors (Lipinski definition) is 2. The van der Waals surface area contributed by atoms with Crippen LogP contribution in [0.1, 0.15) is 40.9 Å². The number of rotatable bonds is 1. The van der Waals surface area contributed by atoms with Gasteiger partial charge in [-0.1, -0.05) is 30.3 Å². The quantitative estimate of drug-likeness (QED) is 0.541. The number of anilines is 3. The number of nitrogens with zero attached hydrogens (tertiary/aromatic N) is 1. The Morgan fingerprint density at radius 2 is 1.52 bits per heavy atom. The van der Waals surface area contributed by atoms with Crippen molar-refractivity contribution < 1.29 is 4.42 Å². The van der Waals surface area contributed by atoms with Gasteiger partial charge in [0.2, 0.25) is 5.88 Å². The lowest BCUT2D eigenvalue weighted by Gasteiger charge is -2.29. The minimum atomic E-state index is 0.999. The maximum Gasteiger partial charge on any atom is 0.207 e. The summed E-state index contributed by atoms with van der Waals surface area (Å²) < 4.78 is 6.23. The van der Waals surface area contributed by atoms with E-state index in [0.29, 0.717) is 0 Å². The predicted molar refractivity (Wildman–Crippen MR) is 102 cm³/mol. The number of para-hydroxylation sites is 1. The highest BCUT2D eigenvalue weighted by Gasteiger charge is 2.28. The van der Waals surface area contributed by atoms with E-state index >= 15 is 0 Å². The summed E-state index contributed by atoms with van der Waals surface area (Å²) in [4.78, 5) is 2.38. The molecule has 2 aliphatic rings. The number of aryl methyl sites for hydroxylation is 4. The van der Waals surface area contributed by atoms with Gasteiger partial charge in [0, 0.05) is 5.56 Å². The monoisotopic (exact) mass is 329 g/mol. The summed E-state index contributed by atoms with van der Waals surface area (Å²) in [5.74, 6) is 2.01. The van der Waals surface area contributed by atoms with E-state index in [1.54, 1.807) is 0 Å². The van der Waals surface area contributed by atoms with Gasteiger partial charge >= 0.3 is 0 Å². The summed E-state index contributed by atoms with van der Waals surface area (Å²) in [5.41, 5.74) is 8.32. The van der Waals surface area contributed by atoms with Gasteiger partial charge in [0.1, 0.15) is 5.76 Å². The molecule has 0 bridgehead atoms. The van der Waals surface area contributed by atoms with Gasteiger partial charge < -0.3 is 4.42 Å². The van der Waals surface area contributed by atoms with Crippen molar-refractivity contribution in [2.75, 3.05) is 4.90 Å². The maximum atomic E-state index is 6.23. The van der Waals surface area contributed by atoms with Crippen LogP contribution in [0, 0.1) is 6.92 Å². The van der Waals surface area contributed by atoms with E-state index in [2.05, 4.69) is 60.4 Å². The number of furan rings is 1. The van der Waals surface area contributed by atoms with E-state index in [1.807, 2.05) is 0 Å². The van der Waals surface area contributed by atoms with E-state index in [-0.39, 0.29) is 0 Å². The van der Waals surface area contributed by atoms with Crippen molar-refractivity contribution >= 4 is 17.3 Å². The molecule has 0 spiro atoms. The molecule has 2 heterocycles. The lowest BCUT2D eigenvalue weighted by molar-refractivity contribution is 0.539. The third-order valence-corrected chi connectivity index (χ3v) is 5.62. The minimum Gasteiger partial charge on any atom is -0.445 e. The van der Waals surface area contributed by atoms with Gasteiger partial charge in [0.15, 0.2) is 0 Å². The third kappa shape index (κ3) is 2.39. The first kappa shape index (κ1) is 14.8. The lowest BCUT2D eigenvalue weighted by atomic mass is 9.90. The van der Waals surface area contributed by atoms with Crippen molar-refractivity contribution in [2.45, 2.75) is 45.4 Å². The van der Waals surface area contributed by atoms with E-state index < -0.39 is 0 Å². The summed E-state index contributed by atoms with van der Waals surface area (Å²) in [5, 5.41) is 0. The summed E-state index contributed by atoms with van der Waals surface area (Å²) in [7, 11) is 0. The summed E-state index contributed by atoms with van der Waals surface area (Å²) in [6.45, 7) is 2.05. The van der Waals surface area contributed by atoms with Gasteiger partial charge in [0.05, 0.1) is 11.4 Å². The highest BCUT2D eigenvalue weighted by atomic mass is 16.4. The Bertz CT molecular complexity index is 937. The fraction of sp³-hybridized carbons (Fsp3) is 0.304. The number of hydrogen-bond donors (Lipinski definition) is 0. The molecule has 2 heteroatoms. The second-order valence-electron chi connectivity index (χ2n) is 7.27. The topological polar surface area (TPSA) is 16.4 Å². The smallest absolute Gasteiger partial charge is 0.207 e. The zero-order chi connectivity index (χ0) is 16.8. The van der Waals surface area contributed by atoms with Gasteiger partial charge in [-0.25, -0.2) is 0 Å². The summed E-state index contributed by atoms with van der Waals surface area (Å²) in [6, 6.07) is 17.8. The van der Waals surface area contributed by atoms with Crippen molar-refractivity contribution in [1.82, 2.24) is 0 Å². The van der Waals surface area contributed by atoms with E-state index in [9.17, 15) is 0 Å². The average molecular weight is 329 g/mol. The van der Waals surface area contributed by atoms with E-state index in [0.717, 1.165) is 24.5 Å². The van der Waals surface area contributed by atoms with Gasteiger partial charge in [-0.15, -0.1) is 0 Å². The molecule has 1 aliphatic carbocycles. The second kappa shape index (κ2) is 5.80. The van der Waals surface area contributed by atoms with Crippen LogP contribution in [0.15, 0.2) is 52.9 Å². The largest absolute Gasteiger partial charge is 0.445 e. The Kier molecular flexibility index (Phi) is 3.44. The molecule has 0 saturated carbocycles.